The molecule has 0 saturated carbocycles. The Morgan fingerprint density at radius 1 is 1.30 bits per heavy atom. The smallest absolute Gasteiger partial charge is 0.234 e. The predicted octanol–water partition coefficient (Wildman–Crippen LogP) is 2.37. The lowest BCUT2D eigenvalue weighted by atomic mass is 9.98. The fraction of sp³-hybridized carbons (Fsp3) is 0.875. The Morgan fingerprint density at radius 3 is 2.55 bits per heavy atom. The van der Waals surface area contributed by atoms with E-state index in [1.165, 1.54) is 19.3 Å². The van der Waals surface area contributed by atoms with Crippen LogP contribution in [0.5, 0.6) is 0 Å². The summed E-state index contributed by atoms with van der Waals surface area (Å²) in [6.07, 6.45) is 5.96. The average Bonchev–Trinajstić information content (AvgIpc) is 2.38. The summed E-state index contributed by atoms with van der Waals surface area (Å²) in [5.74, 6) is 0.170. The highest BCUT2D eigenvalue weighted by Gasteiger charge is 2.26. The van der Waals surface area contributed by atoms with Crippen LogP contribution in [-0.4, -0.2) is 41.8 Å². The molecule has 1 saturated heterocycles. The first-order valence-electron chi connectivity index (χ1n) is 7.99. The summed E-state index contributed by atoms with van der Waals surface area (Å²) >= 11 is 0. The third-order valence-corrected chi connectivity index (χ3v) is 4.14. The fourth-order valence-electron chi connectivity index (χ4n) is 3.07. The maximum atomic E-state index is 12.2. The molecule has 2 atom stereocenters. The third-order valence-electron chi connectivity index (χ3n) is 4.14. The maximum Gasteiger partial charge on any atom is 0.234 e. The second kappa shape index (κ2) is 8.40. The predicted molar refractivity (Wildman–Crippen MR) is 81.6 cm³/mol. The lowest BCUT2D eigenvalue weighted by Crippen LogP contribution is -2.50. The van der Waals surface area contributed by atoms with E-state index in [2.05, 4.69) is 17.1 Å². The van der Waals surface area contributed by atoms with E-state index in [4.69, 9.17) is 0 Å². The minimum Gasteiger partial charge on any atom is -0.345 e. The van der Waals surface area contributed by atoms with Crippen LogP contribution >= 0.6 is 0 Å². The summed E-state index contributed by atoms with van der Waals surface area (Å²) < 4.78 is 0. The van der Waals surface area contributed by atoms with Crippen molar-refractivity contribution in [2.24, 2.45) is 5.92 Å². The van der Waals surface area contributed by atoms with E-state index < -0.39 is 0 Å². The molecule has 0 radical (unpaired) electrons. The summed E-state index contributed by atoms with van der Waals surface area (Å²) in [4.78, 5) is 26.0. The summed E-state index contributed by atoms with van der Waals surface area (Å²) in [6.45, 7) is 9.11. The van der Waals surface area contributed by atoms with Gasteiger partial charge in [-0.3, -0.25) is 14.5 Å². The van der Waals surface area contributed by atoms with Crippen molar-refractivity contribution in [3.63, 3.8) is 0 Å². The van der Waals surface area contributed by atoms with E-state index in [0.717, 1.165) is 19.4 Å². The molecule has 1 N–H and O–H groups in total. The molecule has 0 aromatic rings. The van der Waals surface area contributed by atoms with E-state index in [0.29, 0.717) is 12.6 Å². The van der Waals surface area contributed by atoms with Crippen molar-refractivity contribution in [2.75, 3.05) is 13.1 Å². The Bertz CT molecular complexity index is 326. The zero-order valence-electron chi connectivity index (χ0n) is 13.4. The van der Waals surface area contributed by atoms with Crippen LogP contribution in [0, 0.1) is 5.92 Å². The first kappa shape index (κ1) is 17.2. The molecule has 1 aliphatic rings. The number of nitrogens with one attached hydrogen (secondary N) is 1. The summed E-state index contributed by atoms with van der Waals surface area (Å²) in [5, 5.41) is 2.90. The van der Waals surface area contributed by atoms with Crippen molar-refractivity contribution < 1.29 is 9.59 Å². The first-order valence-corrected chi connectivity index (χ1v) is 7.99. The van der Waals surface area contributed by atoms with Crippen LogP contribution in [-0.2, 0) is 9.59 Å². The minimum atomic E-state index is -0.350. The van der Waals surface area contributed by atoms with E-state index in [1.54, 1.807) is 6.92 Å². The highest BCUT2D eigenvalue weighted by atomic mass is 16.2. The minimum absolute atomic E-state index is 0.0121. The van der Waals surface area contributed by atoms with E-state index in [-0.39, 0.29) is 23.7 Å². The molecule has 0 aromatic carbocycles. The topological polar surface area (TPSA) is 49.4 Å². The number of piperidine rings is 1. The number of nitrogens with zero attached hydrogens (tertiary/aromatic N) is 1. The fourth-order valence-corrected chi connectivity index (χ4v) is 3.07. The average molecular weight is 282 g/mol. The van der Waals surface area contributed by atoms with Gasteiger partial charge >= 0.3 is 0 Å². The molecule has 20 heavy (non-hydrogen) atoms. The van der Waals surface area contributed by atoms with Crippen LogP contribution in [0.2, 0.25) is 0 Å². The van der Waals surface area contributed by atoms with Crippen molar-refractivity contribution in [3.05, 3.63) is 0 Å². The van der Waals surface area contributed by atoms with Gasteiger partial charge in [0.1, 0.15) is 0 Å². The number of Topliss-reactive ketones (excluding diaryl/α,β-unsaturated/α-hetero) is 1. The lowest BCUT2D eigenvalue weighted by molar-refractivity contribution is -0.129. The zero-order chi connectivity index (χ0) is 15.1. The van der Waals surface area contributed by atoms with Crippen LogP contribution in [0.3, 0.4) is 0 Å². The Labute approximate surface area is 123 Å². The van der Waals surface area contributed by atoms with Crippen LogP contribution < -0.4 is 5.32 Å². The van der Waals surface area contributed by atoms with Gasteiger partial charge in [0, 0.05) is 6.04 Å². The highest BCUT2D eigenvalue weighted by molar-refractivity contribution is 5.88. The number of amides is 1. The van der Waals surface area contributed by atoms with E-state index in [9.17, 15) is 9.59 Å². The molecule has 2 unspecified atom stereocenters. The Morgan fingerprint density at radius 2 is 2.00 bits per heavy atom. The van der Waals surface area contributed by atoms with Gasteiger partial charge < -0.3 is 5.32 Å². The van der Waals surface area contributed by atoms with Crippen molar-refractivity contribution in [3.8, 4) is 0 Å². The molecule has 4 heteroatoms. The second-order valence-corrected chi connectivity index (χ2v) is 6.31. The number of ketones is 1. The van der Waals surface area contributed by atoms with Crippen LogP contribution in [0.25, 0.3) is 0 Å². The molecule has 116 valence electrons. The van der Waals surface area contributed by atoms with Gasteiger partial charge in [-0.1, -0.05) is 33.6 Å². The molecular weight excluding hydrogens is 252 g/mol. The number of carbonyl (C=O) groups excluding carboxylic acids is 2. The molecule has 0 spiro atoms. The first-order chi connectivity index (χ1) is 9.45. The van der Waals surface area contributed by atoms with Crippen LogP contribution in [0.1, 0.15) is 59.8 Å². The van der Waals surface area contributed by atoms with Gasteiger partial charge in [0.15, 0.2) is 5.78 Å². The van der Waals surface area contributed by atoms with Gasteiger partial charge in [0.05, 0.1) is 12.6 Å². The maximum absolute atomic E-state index is 12.2. The SMILES string of the molecule is CCCC1CCCCN1CC(=O)NC(C(C)=O)C(C)C. The normalized spacial score (nSPS) is 21.8. The van der Waals surface area contributed by atoms with Crippen molar-refractivity contribution in [1.82, 2.24) is 10.2 Å². The van der Waals surface area contributed by atoms with Gasteiger partial charge in [-0.25, -0.2) is 0 Å². The Balaban J connectivity index is 2.52. The van der Waals surface area contributed by atoms with Gasteiger partial charge in [0.2, 0.25) is 5.91 Å². The number of rotatable bonds is 7. The largest absolute Gasteiger partial charge is 0.345 e. The molecule has 4 nitrogen and oxygen atoms in total. The van der Waals surface area contributed by atoms with Crippen LogP contribution in [0.15, 0.2) is 0 Å². The monoisotopic (exact) mass is 282 g/mol. The molecule has 1 aliphatic heterocycles. The second-order valence-electron chi connectivity index (χ2n) is 6.31. The Hall–Kier alpha value is -0.900. The number of hydrogen-bond donors (Lipinski definition) is 1. The number of hydrogen-bond acceptors (Lipinski definition) is 3. The molecule has 1 heterocycles. The summed E-state index contributed by atoms with van der Waals surface area (Å²) in [6, 6.07) is 0.186. The molecule has 1 fully saturated rings. The summed E-state index contributed by atoms with van der Waals surface area (Å²) in [7, 11) is 0. The van der Waals surface area contributed by atoms with Crippen molar-refractivity contribution in [1.29, 1.82) is 0 Å². The highest BCUT2D eigenvalue weighted by Crippen LogP contribution is 2.20. The zero-order valence-corrected chi connectivity index (χ0v) is 13.4. The van der Waals surface area contributed by atoms with Gasteiger partial charge in [0.25, 0.3) is 0 Å². The molecule has 1 amide bonds. The molecule has 1 rings (SSSR count). The van der Waals surface area contributed by atoms with E-state index in [1.807, 2.05) is 13.8 Å². The Kier molecular flexibility index (Phi) is 7.20. The van der Waals surface area contributed by atoms with Gasteiger partial charge in [-0.15, -0.1) is 0 Å². The molecular formula is C16H30N2O2. The number of likely N-dealkylation sites (tertiary alicyclic amines) is 1. The molecule has 0 aliphatic carbocycles. The van der Waals surface area contributed by atoms with Crippen LogP contribution in [0.4, 0.5) is 0 Å². The quantitative estimate of drug-likeness (QED) is 0.780. The van der Waals surface area contributed by atoms with Gasteiger partial charge in [-0.05, 0) is 38.6 Å². The van der Waals surface area contributed by atoms with E-state index >= 15 is 0 Å². The van der Waals surface area contributed by atoms with Crippen molar-refractivity contribution >= 4 is 11.7 Å². The molecule has 0 aromatic heterocycles. The van der Waals surface area contributed by atoms with Crippen molar-refractivity contribution in [2.45, 2.75) is 71.9 Å². The number of carbonyl (C=O) groups is 2. The standard InChI is InChI=1S/C16H30N2O2/c1-5-8-14-9-6-7-10-18(14)11-15(20)17-16(12(2)3)13(4)19/h12,14,16H,5-11H2,1-4H3,(H,17,20). The van der Waals surface area contributed by atoms with Gasteiger partial charge in [-0.2, -0.15) is 0 Å². The summed E-state index contributed by atoms with van der Waals surface area (Å²) in [5.41, 5.74) is 0. The lowest BCUT2D eigenvalue weighted by Gasteiger charge is -2.35. The molecule has 0 bridgehead atoms. The third kappa shape index (κ3) is 5.23.